The number of para-hydroxylation sites is 1. The lowest BCUT2D eigenvalue weighted by atomic mass is 9.89. The molecule has 4 rings (SSSR count). The maximum absolute atomic E-state index is 16.1. The average Bonchev–Trinajstić information content (AvgIpc) is 3.61. The number of aliphatic hydroxyl groups is 1. The zero-order valence-corrected chi connectivity index (χ0v) is 31.0. The number of phosphoric acid groups is 1. The van der Waals surface area contributed by atoms with E-state index < -0.39 is 44.5 Å². The molecule has 1 saturated heterocycles. The van der Waals surface area contributed by atoms with E-state index in [9.17, 15) is 9.67 Å². The molecule has 12 nitrogen and oxygen atoms in total. The summed E-state index contributed by atoms with van der Waals surface area (Å²) in [6.45, 7) is 3.18. The first-order chi connectivity index (χ1) is 24.2. The molecule has 3 heterocycles. The van der Waals surface area contributed by atoms with E-state index in [1.807, 2.05) is 0 Å². The van der Waals surface area contributed by atoms with E-state index in [0.29, 0.717) is 23.7 Å². The lowest BCUT2D eigenvalue weighted by molar-refractivity contribution is -0.0319. The van der Waals surface area contributed by atoms with Crippen LogP contribution in [0.25, 0.3) is 0 Å². The SMILES string of the molecule is CCCCCCCCCCCCCCCCCCOP(=O)(OCC1OC(C2N=Nc3c(NC)nc(N)nc32)C(C)(F)C1O)Oc1ccccc1. The molecular formula is C36H58FN6O6P. The number of anilines is 2. The Morgan fingerprint density at radius 3 is 2.08 bits per heavy atom. The van der Waals surface area contributed by atoms with Crippen molar-refractivity contribution in [3.63, 3.8) is 0 Å². The maximum atomic E-state index is 16.1. The van der Waals surface area contributed by atoms with Crippen molar-refractivity contribution < 1.29 is 32.4 Å². The van der Waals surface area contributed by atoms with Crippen LogP contribution in [-0.2, 0) is 18.3 Å². The summed E-state index contributed by atoms with van der Waals surface area (Å²) in [4.78, 5) is 8.32. The maximum Gasteiger partial charge on any atom is 0.530 e. The Morgan fingerprint density at radius 2 is 1.50 bits per heavy atom. The second kappa shape index (κ2) is 20.4. The zero-order chi connectivity index (χ0) is 35.8. The third-order valence-corrected chi connectivity index (χ3v) is 10.8. The number of nitrogens with two attached hydrogens (primary N) is 1. The third-order valence-electron chi connectivity index (χ3n) is 9.43. The van der Waals surface area contributed by atoms with Crippen molar-refractivity contribution in [2.45, 2.75) is 147 Å². The predicted molar refractivity (Wildman–Crippen MR) is 194 cm³/mol. The number of hydrogen-bond acceptors (Lipinski definition) is 12. The quantitative estimate of drug-likeness (QED) is 0.0665. The molecule has 6 atom stereocenters. The second-order valence-electron chi connectivity index (χ2n) is 13.5. The van der Waals surface area contributed by atoms with Crippen LogP contribution in [0.15, 0.2) is 40.6 Å². The van der Waals surface area contributed by atoms with Crippen LogP contribution in [0, 0.1) is 0 Å². The van der Waals surface area contributed by atoms with Crippen molar-refractivity contribution in [1.29, 1.82) is 0 Å². The standard InChI is InChI=1S/C36H58FN6O6P/c1-4-5-6-7-8-9-10-11-12-13-14-15-16-17-18-22-25-46-50(45,49-27-23-20-19-21-24-27)47-26-28-32(44)36(2,37)33(48-28)30-29-31(43-42-30)34(39-3)41-35(38)40-29/h19-21,23-24,28,30,32-33,44H,4-18,22,25-26H2,1-3H3,(H3,38,39,40,41). The Bertz CT molecular complexity index is 1370. The number of phosphoric ester groups is 1. The first-order valence-electron chi connectivity index (χ1n) is 18.6. The van der Waals surface area contributed by atoms with Gasteiger partial charge in [-0.15, -0.1) is 5.11 Å². The minimum absolute atomic E-state index is 0.0371. The second-order valence-corrected chi connectivity index (χ2v) is 15.1. The van der Waals surface area contributed by atoms with Gasteiger partial charge in [0, 0.05) is 7.05 Å². The highest BCUT2D eigenvalue weighted by molar-refractivity contribution is 7.48. The highest BCUT2D eigenvalue weighted by atomic mass is 31.2. The van der Waals surface area contributed by atoms with E-state index in [0.717, 1.165) is 19.3 Å². The van der Waals surface area contributed by atoms with Crippen LogP contribution in [-0.4, -0.2) is 59.3 Å². The monoisotopic (exact) mass is 720 g/mol. The third kappa shape index (κ3) is 11.7. The van der Waals surface area contributed by atoms with Gasteiger partial charge in [0.1, 0.15) is 35.8 Å². The number of aliphatic hydroxyl groups excluding tert-OH is 1. The molecular weight excluding hydrogens is 662 g/mol. The van der Waals surface area contributed by atoms with Gasteiger partial charge in [0.25, 0.3) is 0 Å². The molecule has 1 aromatic carbocycles. The van der Waals surface area contributed by atoms with Crippen molar-refractivity contribution in [3.05, 3.63) is 36.0 Å². The van der Waals surface area contributed by atoms with Gasteiger partial charge in [0.2, 0.25) is 5.95 Å². The van der Waals surface area contributed by atoms with Crippen molar-refractivity contribution in [1.82, 2.24) is 9.97 Å². The molecule has 6 unspecified atom stereocenters. The fourth-order valence-electron chi connectivity index (χ4n) is 6.48. The normalized spacial score (nSPS) is 23.9. The molecule has 0 bridgehead atoms. The number of hydrogen-bond donors (Lipinski definition) is 3. The number of rotatable bonds is 25. The van der Waals surface area contributed by atoms with Gasteiger partial charge in [-0.05, 0) is 25.5 Å². The zero-order valence-electron chi connectivity index (χ0n) is 30.1. The Morgan fingerprint density at radius 1 is 0.920 bits per heavy atom. The van der Waals surface area contributed by atoms with E-state index >= 15 is 4.39 Å². The lowest BCUT2D eigenvalue weighted by Crippen LogP contribution is -2.43. The molecule has 0 aliphatic carbocycles. The van der Waals surface area contributed by atoms with Crippen LogP contribution in [0.2, 0.25) is 0 Å². The van der Waals surface area contributed by atoms with E-state index in [2.05, 4.69) is 32.4 Å². The molecule has 280 valence electrons. The van der Waals surface area contributed by atoms with Gasteiger partial charge in [-0.1, -0.05) is 121 Å². The summed E-state index contributed by atoms with van der Waals surface area (Å²) < 4.78 is 53.0. The van der Waals surface area contributed by atoms with Crippen LogP contribution in [0.3, 0.4) is 0 Å². The molecule has 1 aromatic heterocycles. The summed E-state index contributed by atoms with van der Waals surface area (Å²) in [5.74, 6) is 0.604. The van der Waals surface area contributed by atoms with E-state index in [1.54, 1.807) is 37.4 Å². The molecule has 2 aromatic rings. The van der Waals surface area contributed by atoms with Gasteiger partial charge in [0.05, 0.1) is 13.2 Å². The molecule has 2 aliphatic rings. The molecule has 1 fully saturated rings. The van der Waals surface area contributed by atoms with Gasteiger partial charge < -0.3 is 25.4 Å². The molecule has 0 saturated carbocycles. The van der Waals surface area contributed by atoms with Crippen molar-refractivity contribution in [2.24, 2.45) is 10.2 Å². The molecule has 50 heavy (non-hydrogen) atoms. The first kappa shape index (κ1) is 40.1. The highest BCUT2D eigenvalue weighted by Crippen LogP contribution is 2.52. The fourth-order valence-corrected chi connectivity index (χ4v) is 7.72. The number of aromatic nitrogens is 2. The summed E-state index contributed by atoms with van der Waals surface area (Å²) in [6, 6.07) is 7.57. The number of ether oxygens (including phenoxy) is 1. The van der Waals surface area contributed by atoms with Crippen molar-refractivity contribution >= 4 is 25.3 Å². The van der Waals surface area contributed by atoms with Gasteiger partial charge in [-0.2, -0.15) is 10.1 Å². The number of fused-ring (bicyclic) bond motifs is 1. The number of alkyl halides is 1. The van der Waals surface area contributed by atoms with Gasteiger partial charge in [-0.25, -0.2) is 13.9 Å². The van der Waals surface area contributed by atoms with Crippen LogP contribution in [0.1, 0.15) is 128 Å². The van der Waals surface area contributed by atoms with Crippen molar-refractivity contribution in [2.75, 3.05) is 31.3 Å². The largest absolute Gasteiger partial charge is 0.530 e. The van der Waals surface area contributed by atoms with Gasteiger partial charge in [0.15, 0.2) is 17.2 Å². The Balaban J connectivity index is 1.20. The summed E-state index contributed by atoms with van der Waals surface area (Å²) in [5.41, 5.74) is 4.19. The van der Waals surface area contributed by atoms with E-state index in [4.69, 9.17) is 24.0 Å². The number of nitrogen functional groups attached to an aromatic ring is 1. The number of nitrogens with one attached hydrogen (secondary N) is 1. The fraction of sp³-hybridized carbons (Fsp3) is 0.722. The number of halogens is 1. The van der Waals surface area contributed by atoms with Crippen LogP contribution >= 0.6 is 7.82 Å². The number of azo groups is 1. The Hall–Kier alpha value is -2.70. The number of benzene rings is 1. The minimum atomic E-state index is -4.17. The van der Waals surface area contributed by atoms with Crippen LogP contribution < -0.4 is 15.6 Å². The molecule has 0 radical (unpaired) electrons. The van der Waals surface area contributed by atoms with Crippen LogP contribution in [0.5, 0.6) is 5.75 Å². The molecule has 14 heteroatoms. The summed E-state index contributed by atoms with van der Waals surface area (Å²) in [6.07, 6.45) is 15.8. The van der Waals surface area contributed by atoms with Gasteiger partial charge in [-0.3, -0.25) is 9.05 Å². The van der Waals surface area contributed by atoms with Crippen molar-refractivity contribution in [3.8, 4) is 5.75 Å². The molecule has 2 aliphatic heterocycles. The molecule has 0 amide bonds. The molecule has 0 spiro atoms. The smallest absolute Gasteiger partial charge is 0.404 e. The van der Waals surface area contributed by atoms with Gasteiger partial charge >= 0.3 is 7.82 Å². The lowest BCUT2D eigenvalue weighted by Gasteiger charge is -2.26. The summed E-state index contributed by atoms with van der Waals surface area (Å²) in [7, 11) is -2.52. The Kier molecular flexibility index (Phi) is 16.3. The summed E-state index contributed by atoms with van der Waals surface area (Å²) >= 11 is 0. The average molecular weight is 721 g/mol. The van der Waals surface area contributed by atoms with E-state index in [-0.39, 0.29) is 18.2 Å². The predicted octanol–water partition coefficient (Wildman–Crippen LogP) is 9.58. The summed E-state index contributed by atoms with van der Waals surface area (Å²) in [5, 5.41) is 22.1. The number of nitrogens with zero attached hydrogens (tertiary/aromatic N) is 4. The minimum Gasteiger partial charge on any atom is -0.404 e. The Labute approximate surface area is 297 Å². The van der Waals surface area contributed by atoms with Crippen LogP contribution in [0.4, 0.5) is 21.8 Å². The highest BCUT2D eigenvalue weighted by Gasteiger charge is 2.59. The molecule has 4 N–H and O–H groups in total. The topological polar surface area (TPSA) is 163 Å². The first-order valence-corrected chi connectivity index (χ1v) is 20.1. The van der Waals surface area contributed by atoms with E-state index in [1.165, 1.54) is 84.0 Å². The number of unbranched alkanes of at least 4 members (excludes halogenated alkanes) is 15.